The van der Waals surface area contributed by atoms with Crippen LogP contribution in [0.4, 0.5) is 32.0 Å². The molecule has 14 heteroatoms. The van der Waals surface area contributed by atoms with Gasteiger partial charge in [0.25, 0.3) is 11.8 Å². The summed E-state index contributed by atoms with van der Waals surface area (Å²) in [5.41, 5.74) is -5.83. The lowest BCUT2D eigenvalue weighted by Crippen LogP contribution is -2.30. The molecule has 3 aromatic rings. The van der Waals surface area contributed by atoms with E-state index >= 15 is 4.39 Å². The van der Waals surface area contributed by atoms with Crippen LogP contribution < -0.4 is 10.1 Å². The molecule has 208 valence electrons. The van der Waals surface area contributed by atoms with Crippen LogP contribution in [-0.2, 0) is 21.7 Å². The molecule has 1 heterocycles. The molecule has 0 atom stereocenters. The molecule has 1 aliphatic carbocycles. The van der Waals surface area contributed by atoms with E-state index in [1.807, 2.05) is 0 Å². The minimum atomic E-state index is -5.03. The number of benzene rings is 2. The van der Waals surface area contributed by atoms with Crippen LogP contribution in [0, 0.1) is 25.5 Å². The van der Waals surface area contributed by atoms with E-state index in [1.54, 1.807) is 0 Å². The Labute approximate surface area is 219 Å². The van der Waals surface area contributed by atoms with Gasteiger partial charge in [0.15, 0.2) is 27.1 Å². The van der Waals surface area contributed by atoms with Gasteiger partial charge in [-0.05, 0) is 68.5 Å². The van der Waals surface area contributed by atoms with E-state index in [0.717, 1.165) is 25.3 Å². The first-order chi connectivity index (χ1) is 18.0. The third-order valence-electron chi connectivity index (χ3n) is 6.38. The maximum Gasteiger partial charge on any atom is 0.435 e. The number of carbonyl (C=O) groups excluding carboxylic acids is 1. The predicted molar refractivity (Wildman–Crippen MR) is 127 cm³/mol. The first-order valence-corrected chi connectivity index (χ1v) is 13.3. The summed E-state index contributed by atoms with van der Waals surface area (Å²) in [4.78, 5) is 13.0. The number of rotatable bonds is 6. The molecule has 1 aromatic heterocycles. The van der Waals surface area contributed by atoms with Gasteiger partial charge in [-0.3, -0.25) is 4.79 Å². The zero-order chi connectivity index (χ0) is 28.9. The van der Waals surface area contributed by atoms with Crippen molar-refractivity contribution >= 4 is 21.4 Å². The van der Waals surface area contributed by atoms with E-state index in [9.17, 15) is 35.2 Å². The van der Waals surface area contributed by atoms with Crippen LogP contribution >= 0.6 is 0 Å². The number of hydrogen-bond acceptors (Lipinski definition) is 6. The minimum Gasteiger partial charge on any atom is -0.433 e. The number of sulfone groups is 1. The highest BCUT2D eigenvalue weighted by atomic mass is 32.2. The molecule has 39 heavy (non-hydrogen) atoms. The van der Waals surface area contributed by atoms with Gasteiger partial charge in [0.05, 0.1) is 4.90 Å². The maximum atomic E-state index is 15.1. The van der Waals surface area contributed by atoms with Crippen LogP contribution in [0.25, 0.3) is 0 Å². The summed E-state index contributed by atoms with van der Waals surface area (Å²) in [5, 5.41) is 8.65. The normalized spacial score (nSPS) is 15.0. The number of halogens is 6. The molecule has 0 aliphatic heterocycles. The van der Waals surface area contributed by atoms with Gasteiger partial charge >= 0.3 is 6.18 Å². The molecular formula is C25H21F6N3O4S. The fraction of sp³-hybridized carbons (Fsp3) is 0.320. The first kappa shape index (κ1) is 28.3. The van der Waals surface area contributed by atoms with Crippen molar-refractivity contribution in [2.75, 3.05) is 11.6 Å². The van der Waals surface area contributed by atoms with Crippen molar-refractivity contribution < 1.29 is 44.3 Å². The van der Waals surface area contributed by atoms with Gasteiger partial charge < -0.3 is 10.1 Å². The van der Waals surface area contributed by atoms with Crippen molar-refractivity contribution in [3.05, 3.63) is 69.9 Å². The molecule has 1 fully saturated rings. The number of nitrogens with zero attached hydrogens (tertiary/aromatic N) is 2. The van der Waals surface area contributed by atoms with E-state index in [1.165, 1.54) is 25.1 Å². The average Bonchev–Trinajstić information content (AvgIpc) is 2.81. The zero-order valence-corrected chi connectivity index (χ0v) is 21.5. The van der Waals surface area contributed by atoms with Gasteiger partial charge in [-0.2, -0.15) is 17.6 Å². The smallest absolute Gasteiger partial charge is 0.433 e. The summed E-state index contributed by atoms with van der Waals surface area (Å²) >= 11 is 0. The van der Waals surface area contributed by atoms with Crippen LogP contribution in [-0.4, -0.2) is 30.8 Å². The van der Waals surface area contributed by atoms with Crippen LogP contribution in [0.5, 0.6) is 11.6 Å². The Bertz CT molecular complexity index is 1590. The summed E-state index contributed by atoms with van der Waals surface area (Å²) in [7, 11) is -3.69. The molecule has 1 saturated carbocycles. The predicted octanol–water partition coefficient (Wildman–Crippen LogP) is 6.19. The van der Waals surface area contributed by atoms with Crippen molar-refractivity contribution in [3.8, 4) is 11.6 Å². The summed E-state index contributed by atoms with van der Waals surface area (Å²) in [6.07, 6.45) is -3.63. The van der Waals surface area contributed by atoms with E-state index < -0.39 is 73.2 Å². The summed E-state index contributed by atoms with van der Waals surface area (Å²) in [6, 6.07) is 5.94. The molecule has 1 N–H and O–H groups in total. The molecule has 2 aromatic carbocycles. The lowest BCUT2D eigenvalue weighted by Gasteiger charge is -2.34. The van der Waals surface area contributed by atoms with Crippen molar-refractivity contribution in [1.82, 2.24) is 10.2 Å². The summed E-state index contributed by atoms with van der Waals surface area (Å²) in [5.74, 6) is -6.06. The molecular weight excluding hydrogens is 552 g/mol. The van der Waals surface area contributed by atoms with E-state index in [4.69, 9.17) is 4.74 Å². The Balaban J connectivity index is 1.79. The Morgan fingerprint density at radius 3 is 2.31 bits per heavy atom. The van der Waals surface area contributed by atoms with Crippen LogP contribution in [0.3, 0.4) is 0 Å². The number of alkyl halides is 4. The van der Waals surface area contributed by atoms with Crippen LogP contribution in [0.2, 0.25) is 0 Å². The highest BCUT2D eigenvalue weighted by molar-refractivity contribution is 7.90. The second kappa shape index (κ2) is 9.81. The topological polar surface area (TPSA) is 98.2 Å². The Morgan fingerprint density at radius 2 is 1.74 bits per heavy atom. The number of hydrogen-bond donors (Lipinski definition) is 1. The van der Waals surface area contributed by atoms with Crippen LogP contribution in [0.1, 0.15) is 52.0 Å². The standard InChI is InChI=1S/C25H21F6N3O4S/c1-12-10-16(24(28)8-5-9-24)18(26)19(27)20(12)38-23-17(13(2)21(33-34-23)25(29,30)31)22(35)32-14-6-4-7-15(11-14)39(3,36)37/h4,6-7,10-11H,5,8-9H2,1-3H3,(H,32,35). The fourth-order valence-electron chi connectivity index (χ4n) is 4.15. The molecule has 0 saturated heterocycles. The van der Waals surface area contributed by atoms with E-state index in [0.29, 0.717) is 6.42 Å². The van der Waals surface area contributed by atoms with Gasteiger partial charge in [-0.1, -0.05) is 6.07 Å². The number of carbonyl (C=O) groups is 1. The average molecular weight is 574 g/mol. The molecule has 0 spiro atoms. The van der Waals surface area contributed by atoms with Crippen molar-refractivity contribution in [2.24, 2.45) is 0 Å². The van der Waals surface area contributed by atoms with Crippen molar-refractivity contribution in [3.63, 3.8) is 0 Å². The summed E-state index contributed by atoms with van der Waals surface area (Å²) in [6.45, 7) is 2.17. The number of aromatic nitrogens is 2. The third kappa shape index (κ3) is 5.42. The van der Waals surface area contributed by atoms with Gasteiger partial charge in [-0.25, -0.2) is 17.2 Å². The Hall–Kier alpha value is -3.68. The molecule has 7 nitrogen and oxygen atoms in total. The lowest BCUT2D eigenvalue weighted by atomic mass is 9.76. The quantitative estimate of drug-likeness (QED) is 0.354. The molecule has 1 amide bonds. The first-order valence-electron chi connectivity index (χ1n) is 11.4. The van der Waals surface area contributed by atoms with E-state index in [-0.39, 0.29) is 29.0 Å². The minimum absolute atomic E-state index is 0.00255. The van der Waals surface area contributed by atoms with Gasteiger partial charge in [0, 0.05) is 17.5 Å². The van der Waals surface area contributed by atoms with Gasteiger partial charge in [-0.15, -0.1) is 10.2 Å². The molecule has 4 rings (SSSR count). The maximum absolute atomic E-state index is 15.1. The monoisotopic (exact) mass is 573 g/mol. The van der Waals surface area contributed by atoms with Crippen LogP contribution in [0.15, 0.2) is 35.2 Å². The molecule has 0 radical (unpaired) electrons. The molecule has 1 aliphatic rings. The zero-order valence-electron chi connectivity index (χ0n) is 20.7. The number of anilines is 1. The lowest BCUT2D eigenvalue weighted by molar-refractivity contribution is -0.142. The SMILES string of the molecule is Cc1cc(C2(F)CCC2)c(F)c(F)c1Oc1nnc(C(F)(F)F)c(C)c1C(=O)Nc1cccc(S(C)(=O)=O)c1. The number of amides is 1. The Kier molecular flexibility index (Phi) is 7.13. The second-order valence-corrected chi connectivity index (χ2v) is 11.2. The van der Waals surface area contributed by atoms with Gasteiger partial charge in [0.1, 0.15) is 11.2 Å². The molecule has 0 unspecified atom stereocenters. The largest absolute Gasteiger partial charge is 0.435 e. The number of ether oxygens (including phenoxy) is 1. The van der Waals surface area contributed by atoms with Gasteiger partial charge in [0.2, 0.25) is 5.82 Å². The third-order valence-corrected chi connectivity index (χ3v) is 7.49. The van der Waals surface area contributed by atoms with E-state index in [2.05, 4.69) is 15.5 Å². The van der Waals surface area contributed by atoms with Crippen molar-refractivity contribution in [2.45, 2.75) is 49.9 Å². The summed E-state index contributed by atoms with van der Waals surface area (Å²) < 4.78 is 114. The second-order valence-electron chi connectivity index (χ2n) is 9.22. The highest BCUT2D eigenvalue weighted by Crippen LogP contribution is 2.48. The van der Waals surface area contributed by atoms with Crippen molar-refractivity contribution in [1.29, 1.82) is 0 Å². The molecule has 0 bridgehead atoms. The Morgan fingerprint density at radius 1 is 1.08 bits per heavy atom. The number of aryl methyl sites for hydroxylation is 1. The number of nitrogens with one attached hydrogen (secondary N) is 1. The fourth-order valence-corrected chi connectivity index (χ4v) is 4.81. The highest BCUT2D eigenvalue weighted by Gasteiger charge is 2.43.